The number of carbonyl (C=O) groups is 2. The van der Waals surface area contributed by atoms with Crippen LogP contribution < -0.4 is 0 Å². The molecule has 1 aromatic rings. The van der Waals surface area contributed by atoms with Gasteiger partial charge in [0, 0.05) is 13.1 Å². The quantitative estimate of drug-likeness (QED) is 0.922. The van der Waals surface area contributed by atoms with Gasteiger partial charge in [0.1, 0.15) is 5.82 Å². The Bertz CT molecular complexity index is 640. The molecule has 1 N–H and O–H groups in total. The van der Waals surface area contributed by atoms with Gasteiger partial charge in [0.25, 0.3) is 5.91 Å². The van der Waals surface area contributed by atoms with Gasteiger partial charge in [-0.2, -0.15) is 0 Å². The first kappa shape index (κ1) is 16.9. The molecule has 0 radical (unpaired) electrons. The predicted octanol–water partition coefficient (Wildman–Crippen LogP) is 2.62. The van der Waals surface area contributed by atoms with Gasteiger partial charge in [0.2, 0.25) is 0 Å². The molecule has 130 valence electrons. The van der Waals surface area contributed by atoms with Crippen molar-refractivity contribution in [3.8, 4) is 0 Å². The smallest absolute Gasteiger partial charge is 0.332 e. The Balaban J connectivity index is 1.57. The number of aliphatic carboxylic acids is 1. The van der Waals surface area contributed by atoms with E-state index in [1.165, 1.54) is 12.1 Å². The van der Waals surface area contributed by atoms with Crippen LogP contribution in [-0.4, -0.2) is 47.2 Å². The fourth-order valence-electron chi connectivity index (χ4n) is 3.63. The highest BCUT2D eigenvalue weighted by Gasteiger charge is 2.37. The summed E-state index contributed by atoms with van der Waals surface area (Å²) in [6.07, 6.45) is 2.08. The van der Waals surface area contributed by atoms with E-state index in [2.05, 4.69) is 0 Å². The van der Waals surface area contributed by atoms with Crippen LogP contribution in [0.1, 0.15) is 41.6 Å². The van der Waals surface area contributed by atoms with Gasteiger partial charge in [-0.3, -0.25) is 4.79 Å². The minimum atomic E-state index is -0.903. The zero-order chi connectivity index (χ0) is 17.3. The van der Waals surface area contributed by atoms with E-state index in [1.54, 1.807) is 17.9 Å². The molecule has 2 atom stereocenters. The summed E-state index contributed by atoms with van der Waals surface area (Å²) in [6, 6.07) is 4.65. The van der Waals surface area contributed by atoms with E-state index >= 15 is 0 Å². The second-order valence-electron chi connectivity index (χ2n) is 6.69. The van der Waals surface area contributed by atoms with Crippen molar-refractivity contribution < 1.29 is 23.8 Å². The number of benzene rings is 1. The first-order valence-corrected chi connectivity index (χ1v) is 8.39. The molecule has 2 fully saturated rings. The third kappa shape index (κ3) is 3.43. The van der Waals surface area contributed by atoms with Crippen LogP contribution in [0.2, 0.25) is 0 Å². The van der Waals surface area contributed by atoms with E-state index in [1.807, 2.05) is 0 Å². The Hall–Kier alpha value is -1.95. The largest absolute Gasteiger partial charge is 0.479 e. The van der Waals surface area contributed by atoms with E-state index in [4.69, 9.17) is 9.84 Å². The number of carbonyl (C=O) groups excluding carboxylic acids is 1. The number of carboxylic acid groups (broad SMARTS) is 1. The van der Waals surface area contributed by atoms with Gasteiger partial charge in [-0.1, -0.05) is 6.07 Å². The maximum Gasteiger partial charge on any atom is 0.332 e. The molecule has 0 saturated carbocycles. The molecule has 5 nitrogen and oxygen atoms in total. The Morgan fingerprint density at radius 1 is 1.21 bits per heavy atom. The third-order valence-electron chi connectivity index (χ3n) is 5.04. The lowest BCUT2D eigenvalue weighted by molar-refractivity contribution is -0.150. The minimum absolute atomic E-state index is 0.0422. The van der Waals surface area contributed by atoms with Crippen LogP contribution in [0.5, 0.6) is 0 Å². The summed E-state index contributed by atoms with van der Waals surface area (Å²) >= 11 is 0. The molecule has 2 saturated heterocycles. The first-order chi connectivity index (χ1) is 11.5. The van der Waals surface area contributed by atoms with Gasteiger partial charge >= 0.3 is 5.97 Å². The summed E-state index contributed by atoms with van der Waals surface area (Å²) in [7, 11) is 0. The van der Waals surface area contributed by atoms with E-state index in [-0.39, 0.29) is 23.5 Å². The average Bonchev–Trinajstić information content (AvgIpc) is 3.05. The van der Waals surface area contributed by atoms with Crippen molar-refractivity contribution in [3.05, 3.63) is 35.1 Å². The Labute approximate surface area is 140 Å². The first-order valence-electron chi connectivity index (χ1n) is 8.39. The van der Waals surface area contributed by atoms with Crippen molar-refractivity contribution in [2.75, 3.05) is 13.1 Å². The number of piperidine rings is 1. The second-order valence-corrected chi connectivity index (χ2v) is 6.69. The zero-order valence-corrected chi connectivity index (χ0v) is 13.7. The molecule has 0 aromatic heterocycles. The highest BCUT2D eigenvalue weighted by molar-refractivity contribution is 5.94. The van der Waals surface area contributed by atoms with Crippen LogP contribution in [-0.2, 0) is 9.53 Å². The van der Waals surface area contributed by atoms with Gasteiger partial charge in [-0.15, -0.1) is 0 Å². The lowest BCUT2D eigenvalue weighted by Crippen LogP contribution is -2.41. The third-order valence-corrected chi connectivity index (χ3v) is 5.04. The summed E-state index contributed by atoms with van der Waals surface area (Å²) in [5, 5.41) is 9.00. The molecular weight excluding hydrogens is 313 g/mol. The minimum Gasteiger partial charge on any atom is -0.479 e. The van der Waals surface area contributed by atoms with Gasteiger partial charge in [0.05, 0.1) is 11.7 Å². The number of amides is 1. The van der Waals surface area contributed by atoms with E-state index in [0.29, 0.717) is 19.5 Å². The van der Waals surface area contributed by atoms with Crippen molar-refractivity contribution in [1.29, 1.82) is 0 Å². The fraction of sp³-hybridized carbons (Fsp3) is 0.556. The summed E-state index contributed by atoms with van der Waals surface area (Å²) in [5.41, 5.74) is 0.899. The monoisotopic (exact) mass is 335 g/mol. The van der Waals surface area contributed by atoms with Crippen molar-refractivity contribution in [3.63, 3.8) is 0 Å². The summed E-state index contributed by atoms with van der Waals surface area (Å²) in [6.45, 7) is 2.89. The zero-order valence-electron chi connectivity index (χ0n) is 13.7. The lowest BCUT2D eigenvalue weighted by Gasteiger charge is -2.34. The van der Waals surface area contributed by atoms with Gasteiger partial charge < -0.3 is 14.7 Å². The summed E-state index contributed by atoms with van der Waals surface area (Å²) in [5.74, 6) is -1.39. The van der Waals surface area contributed by atoms with Crippen molar-refractivity contribution in [2.45, 2.75) is 44.8 Å². The lowest BCUT2D eigenvalue weighted by atomic mass is 9.89. The van der Waals surface area contributed by atoms with Gasteiger partial charge in [-0.05, 0) is 56.2 Å². The molecule has 24 heavy (non-hydrogen) atoms. The topological polar surface area (TPSA) is 66.8 Å². The summed E-state index contributed by atoms with van der Waals surface area (Å²) in [4.78, 5) is 25.1. The van der Waals surface area contributed by atoms with Crippen LogP contribution in [0.15, 0.2) is 18.2 Å². The predicted molar refractivity (Wildman–Crippen MR) is 85.3 cm³/mol. The Morgan fingerprint density at radius 2 is 1.92 bits per heavy atom. The second kappa shape index (κ2) is 6.89. The van der Waals surface area contributed by atoms with Gasteiger partial charge in [-0.25, -0.2) is 9.18 Å². The molecule has 2 aliphatic rings. The molecule has 0 bridgehead atoms. The SMILES string of the molecule is Cc1ccc(C(=O)N2CCC([C@@H]3CC[C@H](C(=O)O)O3)CC2)c(F)c1. The number of hydrogen-bond donors (Lipinski definition) is 1. The molecule has 2 heterocycles. The van der Waals surface area contributed by atoms with E-state index < -0.39 is 17.9 Å². The van der Waals surface area contributed by atoms with Crippen molar-refractivity contribution in [2.24, 2.45) is 5.92 Å². The summed E-state index contributed by atoms with van der Waals surface area (Å²) < 4.78 is 19.6. The average molecular weight is 335 g/mol. The highest BCUT2D eigenvalue weighted by atomic mass is 19.1. The highest BCUT2D eigenvalue weighted by Crippen LogP contribution is 2.32. The maximum atomic E-state index is 14.0. The van der Waals surface area contributed by atoms with Crippen LogP contribution in [0, 0.1) is 18.7 Å². The van der Waals surface area contributed by atoms with Crippen molar-refractivity contribution in [1.82, 2.24) is 4.90 Å². The molecule has 6 heteroatoms. The number of likely N-dealkylation sites (tertiary alicyclic amines) is 1. The van der Waals surface area contributed by atoms with Crippen LogP contribution in [0.4, 0.5) is 4.39 Å². The molecule has 0 unspecified atom stereocenters. The fourth-order valence-corrected chi connectivity index (χ4v) is 3.63. The molecule has 2 aliphatic heterocycles. The molecular formula is C18H22FNO4. The van der Waals surface area contributed by atoms with E-state index in [9.17, 15) is 14.0 Å². The molecule has 0 aliphatic carbocycles. The maximum absolute atomic E-state index is 14.0. The normalized spacial score (nSPS) is 25.0. The molecule has 1 amide bonds. The van der Waals surface area contributed by atoms with Gasteiger partial charge in [0.15, 0.2) is 6.10 Å². The number of ether oxygens (including phenoxy) is 1. The Kier molecular flexibility index (Phi) is 4.85. The standard InChI is InChI=1S/C18H22FNO4/c1-11-2-3-13(14(19)10-11)17(21)20-8-6-12(7-9-20)15-4-5-16(24-15)18(22)23/h2-3,10,12,15-16H,4-9H2,1H3,(H,22,23)/t15-,16+/m0/s1. The van der Waals surface area contributed by atoms with E-state index in [0.717, 1.165) is 24.8 Å². The Morgan fingerprint density at radius 3 is 2.50 bits per heavy atom. The number of aryl methyl sites for hydroxylation is 1. The van der Waals surface area contributed by atoms with Crippen LogP contribution in [0.3, 0.4) is 0 Å². The number of carboxylic acids is 1. The molecule has 1 aromatic carbocycles. The van der Waals surface area contributed by atoms with Crippen LogP contribution in [0.25, 0.3) is 0 Å². The number of rotatable bonds is 3. The number of hydrogen-bond acceptors (Lipinski definition) is 3. The van der Waals surface area contributed by atoms with Crippen LogP contribution >= 0.6 is 0 Å². The number of nitrogens with zero attached hydrogens (tertiary/aromatic N) is 1. The number of halogens is 1. The van der Waals surface area contributed by atoms with Crippen molar-refractivity contribution >= 4 is 11.9 Å². The molecule has 0 spiro atoms. The molecule has 3 rings (SSSR count).